The van der Waals surface area contributed by atoms with E-state index in [1.54, 1.807) is 4.68 Å². The molecule has 1 aromatic heterocycles. The normalized spacial score (nSPS) is 14.9. The van der Waals surface area contributed by atoms with E-state index in [4.69, 9.17) is 0 Å². The summed E-state index contributed by atoms with van der Waals surface area (Å²) in [6.07, 6.45) is 4.72. The summed E-state index contributed by atoms with van der Waals surface area (Å²) in [6.45, 7) is 1.89. The van der Waals surface area contributed by atoms with Crippen LogP contribution in [0.2, 0.25) is 0 Å². The highest BCUT2D eigenvalue weighted by atomic mass is 79.9. The van der Waals surface area contributed by atoms with Crippen LogP contribution in [0.15, 0.2) is 34.9 Å². The Labute approximate surface area is 115 Å². The van der Waals surface area contributed by atoms with Gasteiger partial charge in [0.05, 0.1) is 17.6 Å². The first-order valence-electron chi connectivity index (χ1n) is 6.20. The average Bonchev–Trinajstić information content (AvgIpc) is 3.08. The summed E-state index contributed by atoms with van der Waals surface area (Å²) in [7, 11) is 0. The highest BCUT2D eigenvalue weighted by molar-refractivity contribution is 9.10. The summed E-state index contributed by atoms with van der Waals surface area (Å²) < 4.78 is 2.82. The van der Waals surface area contributed by atoms with Gasteiger partial charge in [0.2, 0.25) is 0 Å². The zero-order chi connectivity index (χ0) is 12.4. The van der Waals surface area contributed by atoms with E-state index in [-0.39, 0.29) is 0 Å². The minimum atomic E-state index is 0.793. The van der Waals surface area contributed by atoms with E-state index in [1.807, 2.05) is 30.5 Å². The Morgan fingerprint density at radius 1 is 1.33 bits per heavy atom. The Bertz CT molecular complexity index is 533. The van der Waals surface area contributed by atoms with Crippen LogP contribution in [0.1, 0.15) is 18.5 Å². The second kappa shape index (κ2) is 5.20. The number of hydrogen-bond acceptors (Lipinski definition) is 3. The van der Waals surface area contributed by atoms with E-state index in [0.29, 0.717) is 0 Å². The highest BCUT2D eigenvalue weighted by Crippen LogP contribution is 2.27. The predicted molar refractivity (Wildman–Crippen MR) is 73.5 cm³/mol. The summed E-state index contributed by atoms with van der Waals surface area (Å²) in [5.41, 5.74) is 1.99. The van der Waals surface area contributed by atoms with E-state index in [1.165, 1.54) is 12.8 Å². The van der Waals surface area contributed by atoms with Crippen LogP contribution in [-0.4, -0.2) is 21.5 Å². The maximum atomic E-state index is 4.18. The van der Waals surface area contributed by atoms with Crippen LogP contribution in [0, 0.1) is 5.92 Å². The van der Waals surface area contributed by atoms with Crippen molar-refractivity contribution in [3.05, 3.63) is 40.6 Å². The van der Waals surface area contributed by atoms with Gasteiger partial charge in [-0.3, -0.25) is 0 Å². The van der Waals surface area contributed by atoms with Crippen molar-refractivity contribution in [3.8, 4) is 5.69 Å². The fourth-order valence-electron chi connectivity index (χ4n) is 1.86. The number of rotatable bonds is 5. The van der Waals surface area contributed by atoms with Gasteiger partial charge in [0.15, 0.2) is 0 Å². The quantitative estimate of drug-likeness (QED) is 0.923. The smallest absolute Gasteiger partial charge is 0.0969 e. The molecule has 1 saturated carbocycles. The second-order valence-electron chi connectivity index (χ2n) is 4.68. The van der Waals surface area contributed by atoms with E-state index in [2.05, 4.69) is 31.6 Å². The SMILES string of the molecule is Brc1ccccc1-n1cc(CNCC2CC2)nn1. The second-order valence-corrected chi connectivity index (χ2v) is 5.53. The number of benzene rings is 1. The Morgan fingerprint density at radius 3 is 2.94 bits per heavy atom. The number of nitrogens with one attached hydrogen (secondary N) is 1. The number of nitrogens with zero attached hydrogens (tertiary/aromatic N) is 3. The lowest BCUT2D eigenvalue weighted by Gasteiger charge is -2.02. The lowest BCUT2D eigenvalue weighted by Crippen LogP contribution is -2.16. The molecule has 1 fully saturated rings. The fourth-order valence-corrected chi connectivity index (χ4v) is 2.33. The minimum Gasteiger partial charge on any atom is -0.311 e. The van der Waals surface area contributed by atoms with Crippen LogP contribution in [0.4, 0.5) is 0 Å². The van der Waals surface area contributed by atoms with Gasteiger partial charge in [0.1, 0.15) is 0 Å². The molecule has 1 heterocycles. The van der Waals surface area contributed by atoms with Crippen LogP contribution in [0.25, 0.3) is 5.69 Å². The number of hydrogen-bond donors (Lipinski definition) is 1. The van der Waals surface area contributed by atoms with E-state index >= 15 is 0 Å². The molecular formula is C13H15BrN4. The topological polar surface area (TPSA) is 42.7 Å². The van der Waals surface area contributed by atoms with Crippen LogP contribution in [0.5, 0.6) is 0 Å². The molecule has 3 rings (SSSR count). The maximum absolute atomic E-state index is 4.18. The van der Waals surface area contributed by atoms with Gasteiger partial charge in [-0.15, -0.1) is 5.10 Å². The summed E-state index contributed by atoms with van der Waals surface area (Å²) in [6, 6.07) is 8.00. The molecule has 0 radical (unpaired) electrons. The Hall–Kier alpha value is -1.20. The molecule has 0 atom stereocenters. The summed E-state index contributed by atoms with van der Waals surface area (Å²) in [4.78, 5) is 0. The van der Waals surface area contributed by atoms with Crippen molar-refractivity contribution in [2.75, 3.05) is 6.54 Å². The molecular weight excluding hydrogens is 292 g/mol. The molecule has 18 heavy (non-hydrogen) atoms. The van der Waals surface area contributed by atoms with Gasteiger partial charge in [0.25, 0.3) is 0 Å². The fraction of sp³-hybridized carbons (Fsp3) is 0.385. The zero-order valence-corrected chi connectivity index (χ0v) is 11.6. The van der Waals surface area contributed by atoms with E-state index < -0.39 is 0 Å². The molecule has 0 aliphatic heterocycles. The molecule has 5 heteroatoms. The van der Waals surface area contributed by atoms with Crippen molar-refractivity contribution in [2.24, 2.45) is 5.92 Å². The van der Waals surface area contributed by atoms with Crippen LogP contribution in [-0.2, 0) is 6.54 Å². The third-order valence-electron chi connectivity index (χ3n) is 3.08. The first-order valence-corrected chi connectivity index (χ1v) is 6.99. The minimum absolute atomic E-state index is 0.793. The van der Waals surface area contributed by atoms with Crippen LogP contribution >= 0.6 is 15.9 Å². The van der Waals surface area contributed by atoms with Gasteiger partial charge in [-0.05, 0) is 53.4 Å². The molecule has 94 valence electrons. The highest BCUT2D eigenvalue weighted by Gasteiger charge is 2.20. The molecule has 1 aromatic carbocycles. The van der Waals surface area contributed by atoms with Gasteiger partial charge < -0.3 is 5.32 Å². The predicted octanol–water partition coefficient (Wildman–Crippen LogP) is 2.53. The van der Waals surface area contributed by atoms with E-state index in [9.17, 15) is 0 Å². The standard InChI is InChI=1S/C13H15BrN4/c14-12-3-1-2-4-13(12)18-9-11(16-17-18)8-15-7-10-5-6-10/h1-4,9-10,15H,5-8H2. The number of halogens is 1. The van der Waals surface area contributed by atoms with Crippen molar-refractivity contribution < 1.29 is 0 Å². The van der Waals surface area contributed by atoms with Crippen molar-refractivity contribution in [1.82, 2.24) is 20.3 Å². The molecule has 0 unspecified atom stereocenters. The lowest BCUT2D eigenvalue weighted by atomic mass is 10.3. The van der Waals surface area contributed by atoms with E-state index in [0.717, 1.165) is 34.9 Å². The Morgan fingerprint density at radius 2 is 2.17 bits per heavy atom. The molecule has 0 saturated heterocycles. The third-order valence-corrected chi connectivity index (χ3v) is 3.75. The first kappa shape index (κ1) is 11.9. The summed E-state index contributed by atoms with van der Waals surface area (Å²) >= 11 is 3.52. The van der Waals surface area contributed by atoms with Gasteiger partial charge in [-0.25, -0.2) is 4.68 Å². The zero-order valence-electron chi connectivity index (χ0n) is 10.0. The van der Waals surface area contributed by atoms with Crippen LogP contribution < -0.4 is 5.32 Å². The van der Waals surface area contributed by atoms with Gasteiger partial charge in [0, 0.05) is 11.0 Å². The first-order chi connectivity index (χ1) is 8.83. The molecule has 1 N–H and O–H groups in total. The Kier molecular flexibility index (Phi) is 3.43. The Balaban J connectivity index is 1.66. The molecule has 4 nitrogen and oxygen atoms in total. The number of aromatic nitrogens is 3. The molecule has 0 bridgehead atoms. The van der Waals surface area contributed by atoms with Gasteiger partial charge in [-0.1, -0.05) is 17.3 Å². The van der Waals surface area contributed by atoms with Crippen molar-refractivity contribution in [3.63, 3.8) is 0 Å². The monoisotopic (exact) mass is 306 g/mol. The molecule has 0 spiro atoms. The summed E-state index contributed by atoms with van der Waals surface area (Å²) in [5.74, 6) is 0.892. The average molecular weight is 307 g/mol. The van der Waals surface area contributed by atoms with Crippen molar-refractivity contribution in [1.29, 1.82) is 0 Å². The molecule has 2 aromatic rings. The van der Waals surface area contributed by atoms with Gasteiger partial charge >= 0.3 is 0 Å². The van der Waals surface area contributed by atoms with Crippen LogP contribution in [0.3, 0.4) is 0 Å². The molecule has 0 amide bonds. The largest absolute Gasteiger partial charge is 0.311 e. The maximum Gasteiger partial charge on any atom is 0.0969 e. The molecule has 1 aliphatic rings. The lowest BCUT2D eigenvalue weighted by molar-refractivity contribution is 0.628. The van der Waals surface area contributed by atoms with Crippen molar-refractivity contribution >= 4 is 15.9 Å². The van der Waals surface area contributed by atoms with Gasteiger partial charge in [-0.2, -0.15) is 0 Å². The third kappa shape index (κ3) is 2.79. The molecule has 1 aliphatic carbocycles. The van der Waals surface area contributed by atoms with Crippen molar-refractivity contribution in [2.45, 2.75) is 19.4 Å². The number of para-hydroxylation sites is 1. The summed E-state index contributed by atoms with van der Waals surface area (Å²) in [5, 5.41) is 11.8.